The fraction of sp³-hybridized carbons (Fsp3) is 0.385. The molecule has 0 spiro atoms. The summed E-state index contributed by atoms with van der Waals surface area (Å²) in [6, 6.07) is 4.95. The number of urea groups is 1. The van der Waals surface area contributed by atoms with E-state index in [2.05, 4.69) is 0 Å². The zero-order valence-corrected chi connectivity index (χ0v) is 11.6. The second-order valence-corrected chi connectivity index (χ2v) is 4.52. The maximum atomic E-state index is 12.9. The van der Waals surface area contributed by atoms with Gasteiger partial charge in [0.25, 0.3) is 0 Å². The molecule has 2 N–H and O–H groups in total. The molecule has 2 amide bonds. The van der Waals surface area contributed by atoms with Crippen LogP contribution in [0.2, 0.25) is 0 Å². The average molecular weight is 339 g/mol. The number of nitriles is 1. The van der Waals surface area contributed by atoms with Gasteiger partial charge >= 0.3 is 18.4 Å². The summed E-state index contributed by atoms with van der Waals surface area (Å²) in [7, 11) is 0. The molecule has 0 unspecified atom stereocenters. The largest absolute Gasteiger partial charge is 0.420 e. The van der Waals surface area contributed by atoms with Crippen molar-refractivity contribution in [2.24, 2.45) is 0 Å². The Balaban J connectivity index is 3.00. The molecule has 126 valence electrons. The normalized spacial score (nSPS) is 12.4. The first kappa shape index (κ1) is 18.6. The smallest absolute Gasteiger partial charge is 0.316 e. The number of benzene rings is 1. The first-order chi connectivity index (χ1) is 10.5. The van der Waals surface area contributed by atoms with Crippen molar-refractivity contribution in [3.05, 3.63) is 29.8 Å². The quantitative estimate of drug-likeness (QED) is 0.819. The van der Waals surface area contributed by atoms with Gasteiger partial charge in [0.05, 0.1) is 11.6 Å². The molecule has 0 heterocycles. The van der Waals surface area contributed by atoms with Crippen molar-refractivity contribution >= 4 is 11.7 Å². The lowest BCUT2D eigenvalue weighted by Gasteiger charge is -2.37. The molecule has 0 saturated carbocycles. The Morgan fingerprint density at radius 3 is 1.91 bits per heavy atom. The summed E-state index contributed by atoms with van der Waals surface area (Å²) in [6.45, 7) is 0.670. The van der Waals surface area contributed by atoms with Crippen LogP contribution in [0.1, 0.15) is 18.9 Å². The van der Waals surface area contributed by atoms with Crippen LogP contribution in [0.15, 0.2) is 24.3 Å². The van der Waals surface area contributed by atoms with E-state index in [1.54, 1.807) is 6.07 Å². The number of alkyl halides is 6. The van der Waals surface area contributed by atoms with E-state index in [1.807, 2.05) is 5.32 Å². The molecule has 0 bridgehead atoms. The molecule has 1 rings (SSSR count). The molecule has 0 aromatic heterocycles. The molecule has 4 nitrogen and oxygen atoms in total. The van der Waals surface area contributed by atoms with E-state index in [-0.39, 0.29) is 11.3 Å². The first-order valence-electron chi connectivity index (χ1n) is 6.19. The number of nitrogens with zero attached hydrogens (tertiary/aromatic N) is 1. The van der Waals surface area contributed by atoms with E-state index in [4.69, 9.17) is 5.26 Å². The Morgan fingerprint density at radius 2 is 1.57 bits per heavy atom. The Morgan fingerprint density at radius 1 is 1.09 bits per heavy atom. The number of rotatable bonds is 3. The number of carbonyl (C=O) groups is 1. The predicted octanol–water partition coefficient (Wildman–Crippen LogP) is 3.95. The maximum Gasteiger partial charge on any atom is 0.420 e. The van der Waals surface area contributed by atoms with Crippen LogP contribution in [0.3, 0.4) is 0 Å². The lowest BCUT2D eigenvalue weighted by molar-refractivity contribution is -0.304. The molecule has 0 aliphatic heterocycles. The van der Waals surface area contributed by atoms with Gasteiger partial charge in [0.2, 0.25) is 5.54 Å². The molecule has 0 fully saturated rings. The van der Waals surface area contributed by atoms with E-state index < -0.39 is 30.3 Å². The van der Waals surface area contributed by atoms with Crippen LogP contribution < -0.4 is 10.6 Å². The molecule has 0 saturated heterocycles. The van der Waals surface area contributed by atoms with Crippen LogP contribution in [0, 0.1) is 11.3 Å². The molecule has 1 aromatic rings. The molecule has 23 heavy (non-hydrogen) atoms. The Bertz CT molecular complexity index is 586. The number of carbonyl (C=O) groups excluding carboxylic acids is 1. The van der Waals surface area contributed by atoms with Gasteiger partial charge in [0.1, 0.15) is 0 Å². The third kappa shape index (κ3) is 3.85. The highest BCUT2D eigenvalue weighted by Gasteiger charge is 2.70. The monoisotopic (exact) mass is 339 g/mol. The Labute approximate surface area is 127 Å². The molecule has 0 atom stereocenters. The number of amides is 2. The number of anilines is 1. The Kier molecular flexibility index (Phi) is 5.14. The SMILES string of the molecule is CCC(NC(=O)Nc1ccc(C#N)cc1)(C(F)(F)F)C(F)(F)F. The van der Waals surface area contributed by atoms with Crippen LogP contribution in [-0.4, -0.2) is 23.9 Å². The van der Waals surface area contributed by atoms with Crippen molar-refractivity contribution in [3.8, 4) is 6.07 Å². The van der Waals surface area contributed by atoms with E-state index >= 15 is 0 Å². The molecule has 1 aromatic carbocycles. The first-order valence-corrected chi connectivity index (χ1v) is 6.19. The summed E-state index contributed by atoms with van der Waals surface area (Å²) in [5.41, 5.74) is -4.20. The zero-order chi connectivity index (χ0) is 17.9. The van der Waals surface area contributed by atoms with Crippen molar-refractivity contribution in [3.63, 3.8) is 0 Å². The van der Waals surface area contributed by atoms with Crippen molar-refractivity contribution in [2.75, 3.05) is 5.32 Å². The van der Waals surface area contributed by atoms with Gasteiger partial charge in [0.15, 0.2) is 0 Å². The maximum absolute atomic E-state index is 12.9. The third-order valence-electron chi connectivity index (χ3n) is 3.10. The topological polar surface area (TPSA) is 64.9 Å². The minimum absolute atomic E-state index is 0.0594. The summed E-state index contributed by atoms with van der Waals surface area (Å²) >= 11 is 0. The molecule has 0 aliphatic carbocycles. The van der Waals surface area contributed by atoms with Crippen molar-refractivity contribution < 1.29 is 31.1 Å². The van der Waals surface area contributed by atoms with E-state index in [0.717, 1.165) is 5.32 Å². The predicted molar refractivity (Wildman–Crippen MR) is 68.4 cm³/mol. The summed E-state index contributed by atoms with van der Waals surface area (Å²) in [6.07, 6.45) is -12.9. The van der Waals surface area contributed by atoms with Gasteiger partial charge in [-0.15, -0.1) is 0 Å². The van der Waals surface area contributed by atoms with E-state index in [9.17, 15) is 31.1 Å². The van der Waals surface area contributed by atoms with Gasteiger partial charge in [-0.25, -0.2) is 4.79 Å². The molecule has 0 aliphatic rings. The average Bonchev–Trinajstić information content (AvgIpc) is 2.42. The van der Waals surface area contributed by atoms with Crippen molar-refractivity contribution in [1.82, 2.24) is 5.32 Å². The number of hydrogen-bond donors (Lipinski definition) is 2. The molecule has 0 radical (unpaired) electrons. The van der Waals surface area contributed by atoms with Crippen molar-refractivity contribution in [2.45, 2.75) is 31.2 Å². The van der Waals surface area contributed by atoms with Crippen LogP contribution in [0.5, 0.6) is 0 Å². The zero-order valence-electron chi connectivity index (χ0n) is 11.6. The van der Waals surface area contributed by atoms with Gasteiger partial charge in [0, 0.05) is 5.69 Å². The number of halogens is 6. The summed E-state index contributed by atoms with van der Waals surface area (Å²) in [5, 5.41) is 11.4. The van der Waals surface area contributed by atoms with Crippen LogP contribution in [-0.2, 0) is 0 Å². The highest BCUT2D eigenvalue weighted by atomic mass is 19.4. The lowest BCUT2D eigenvalue weighted by atomic mass is 9.94. The summed E-state index contributed by atoms with van der Waals surface area (Å²) in [4.78, 5) is 11.5. The molecule has 10 heteroatoms. The number of hydrogen-bond acceptors (Lipinski definition) is 2. The van der Waals surface area contributed by atoms with Crippen LogP contribution in [0.25, 0.3) is 0 Å². The summed E-state index contributed by atoms with van der Waals surface area (Å²) < 4.78 is 77.2. The highest BCUT2D eigenvalue weighted by Crippen LogP contribution is 2.45. The number of nitrogens with one attached hydrogen (secondary N) is 2. The summed E-state index contributed by atoms with van der Waals surface area (Å²) in [5.74, 6) is 0. The van der Waals surface area contributed by atoms with Gasteiger partial charge < -0.3 is 10.6 Å². The minimum atomic E-state index is -5.72. The molecular formula is C13H11F6N3O. The lowest BCUT2D eigenvalue weighted by Crippen LogP contribution is -2.67. The van der Waals surface area contributed by atoms with Gasteiger partial charge in [-0.1, -0.05) is 6.92 Å². The second-order valence-electron chi connectivity index (χ2n) is 4.52. The van der Waals surface area contributed by atoms with Crippen LogP contribution in [0.4, 0.5) is 36.8 Å². The fourth-order valence-corrected chi connectivity index (χ4v) is 1.78. The molecular weight excluding hydrogens is 328 g/mol. The van der Waals surface area contributed by atoms with Crippen molar-refractivity contribution in [1.29, 1.82) is 5.26 Å². The Hall–Kier alpha value is -2.44. The van der Waals surface area contributed by atoms with E-state index in [0.29, 0.717) is 6.92 Å². The van der Waals surface area contributed by atoms with E-state index in [1.165, 1.54) is 24.3 Å². The van der Waals surface area contributed by atoms with Gasteiger partial charge in [-0.05, 0) is 30.7 Å². The fourth-order valence-electron chi connectivity index (χ4n) is 1.78. The minimum Gasteiger partial charge on any atom is -0.316 e. The van der Waals surface area contributed by atoms with Gasteiger partial charge in [-0.3, -0.25) is 0 Å². The van der Waals surface area contributed by atoms with Gasteiger partial charge in [-0.2, -0.15) is 31.6 Å². The second kappa shape index (κ2) is 6.36. The highest BCUT2D eigenvalue weighted by molar-refractivity contribution is 5.90. The third-order valence-corrected chi connectivity index (χ3v) is 3.10. The standard InChI is InChI=1S/C13H11F6N3O/c1-2-11(12(14,15)16,13(17,18)19)22-10(23)21-9-5-3-8(7-20)4-6-9/h3-6H,2H2,1H3,(H2,21,22,23). The van der Waals surface area contributed by atoms with Crippen LogP contribution >= 0.6 is 0 Å².